The van der Waals surface area contributed by atoms with E-state index >= 15 is 0 Å². The zero-order chi connectivity index (χ0) is 15.6. The number of carbonyl (C=O) groups excluding carboxylic acids is 2. The smallest absolute Gasteiger partial charge is 0.339 e. The van der Waals surface area contributed by atoms with Gasteiger partial charge in [-0.1, -0.05) is 6.07 Å². The summed E-state index contributed by atoms with van der Waals surface area (Å²) >= 11 is 0. The molecule has 0 aliphatic carbocycles. The summed E-state index contributed by atoms with van der Waals surface area (Å²) in [6.45, 7) is 2.47. The fourth-order valence-electron chi connectivity index (χ4n) is 1.89. The van der Waals surface area contributed by atoms with Crippen molar-refractivity contribution in [1.29, 1.82) is 0 Å². The number of carboxylic acid groups (broad SMARTS) is 1. The van der Waals surface area contributed by atoms with Gasteiger partial charge >= 0.3 is 17.9 Å². The molecular formula is C15H12O6. The number of benzene rings is 2. The Bertz CT molecular complexity index is 747. The van der Waals surface area contributed by atoms with Gasteiger partial charge in [0.25, 0.3) is 0 Å². The third kappa shape index (κ3) is 3.36. The average molecular weight is 288 g/mol. The molecule has 0 fully saturated rings. The molecule has 0 heterocycles. The molecule has 2 aromatic rings. The van der Waals surface area contributed by atoms with Gasteiger partial charge in [0.2, 0.25) is 0 Å². The van der Waals surface area contributed by atoms with E-state index in [-0.39, 0.29) is 11.3 Å². The highest BCUT2D eigenvalue weighted by Crippen LogP contribution is 2.29. The van der Waals surface area contributed by atoms with E-state index in [0.29, 0.717) is 16.5 Å². The van der Waals surface area contributed by atoms with Crippen LogP contribution in [0.4, 0.5) is 0 Å². The van der Waals surface area contributed by atoms with E-state index in [9.17, 15) is 14.4 Å². The molecular weight excluding hydrogens is 276 g/mol. The molecule has 0 amide bonds. The highest BCUT2D eigenvalue weighted by atomic mass is 16.5. The first-order chi connectivity index (χ1) is 9.86. The van der Waals surface area contributed by atoms with E-state index in [2.05, 4.69) is 0 Å². The summed E-state index contributed by atoms with van der Waals surface area (Å²) in [7, 11) is 0. The van der Waals surface area contributed by atoms with Gasteiger partial charge < -0.3 is 14.6 Å². The molecule has 0 aliphatic rings. The predicted molar refractivity (Wildman–Crippen MR) is 73.5 cm³/mol. The van der Waals surface area contributed by atoms with Crippen molar-refractivity contribution in [2.75, 3.05) is 0 Å². The van der Waals surface area contributed by atoms with Gasteiger partial charge in [-0.25, -0.2) is 4.79 Å². The molecule has 0 bridgehead atoms. The Labute approximate surface area is 119 Å². The summed E-state index contributed by atoms with van der Waals surface area (Å²) in [5.41, 5.74) is -0.113. The van der Waals surface area contributed by atoms with E-state index in [1.165, 1.54) is 26.0 Å². The summed E-state index contributed by atoms with van der Waals surface area (Å²) in [5, 5.41) is 10.4. The van der Waals surface area contributed by atoms with Crippen LogP contribution in [0.3, 0.4) is 0 Å². The zero-order valence-corrected chi connectivity index (χ0v) is 11.4. The largest absolute Gasteiger partial charge is 0.478 e. The van der Waals surface area contributed by atoms with Gasteiger partial charge in [-0.2, -0.15) is 0 Å². The SMILES string of the molecule is CC(=O)Oc1ccc2cc(C(=O)O)c(OC(C)=O)cc2c1. The highest BCUT2D eigenvalue weighted by molar-refractivity contribution is 5.99. The molecule has 0 saturated heterocycles. The number of hydrogen-bond acceptors (Lipinski definition) is 5. The van der Waals surface area contributed by atoms with E-state index in [4.69, 9.17) is 14.6 Å². The van der Waals surface area contributed by atoms with Crippen molar-refractivity contribution in [1.82, 2.24) is 0 Å². The number of rotatable bonds is 3. The monoisotopic (exact) mass is 288 g/mol. The Kier molecular flexibility index (Phi) is 3.89. The first kappa shape index (κ1) is 14.5. The first-order valence-corrected chi connectivity index (χ1v) is 6.05. The minimum absolute atomic E-state index is 0.0533. The van der Waals surface area contributed by atoms with E-state index < -0.39 is 17.9 Å². The summed E-state index contributed by atoms with van der Waals surface area (Å²) in [5.74, 6) is -2.00. The van der Waals surface area contributed by atoms with Crippen LogP contribution >= 0.6 is 0 Å². The molecule has 6 heteroatoms. The Morgan fingerprint density at radius 2 is 1.57 bits per heavy atom. The Morgan fingerprint density at radius 1 is 0.905 bits per heavy atom. The van der Waals surface area contributed by atoms with Crippen molar-refractivity contribution >= 4 is 28.7 Å². The van der Waals surface area contributed by atoms with Gasteiger partial charge in [-0.15, -0.1) is 0 Å². The molecule has 2 rings (SSSR count). The van der Waals surface area contributed by atoms with Crippen LogP contribution in [0.1, 0.15) is 24.2 Å². The number of ether oxygens (including phenoxy) is 2. The lowest BCUT2D eigenvalue weighted by molar-refractivity contribution is -0.132. The predicted octanol–water partition coefficient (Wildman–Crippen LogP) is 2.39. The van der Waals surface area contributed by atoms with Crippen molar-refractivity contribution in [2.45, 2.75) is 13.8 Å². The van der Waals surface area contributed by atoms with Crippen LogP contribution < -0.4 is 9.47 Å². The van der Waals surface area contributed by atoms with Crippen molar-refractivity contribution < 1.29 is 29.0 Å². The van der Waals surface area contributed by atoms with E-state index in [1.54, 1.807) is 18.2 Å². The molecule has 0 spiro atoms. The van der Waals surface area contributed by atoms with Crippen LogP contribution in [0, 0.1) is 0 Å². The Balaban J connectivity index is 2.58. The molecule has 1 N–H and O–H groups in total. The number of fused-ring (bicyclic) bond motifs is 1. The van der Waals surface area contributed by atoms with Crippen LogP contribution in [-0.4, -0.2) is 23.0 Å². The van der Waals surface area contributed by atoms with Crippen molar-refractivity contribution in [3.05, 3.63) is 35.9 Å². The Morgan fingerprint density at radius 3 is 2.14 bits per heavy atom. The molecule has 21 heavy (non-hydrogen) atoms. The third-order valence-electron chi connectivity index (χ3n) is 2.66. The lowest BCUT2D eigenvalue weighted by Gasteiger charge is -2.09. The third-order valence-corrected chi connectivity index (χ3v) is 2.66. The molecule has 0 aliphatic heterocycles. The molecule has 2 aromatic carbocycles. The number of carbonyl (C=O) groups is 3. The number of hydrogen-bond donors (Lipinski definition) is 1. The number of carboxylic acids is 1. The molecule has 0 radical (unpaired) electrons. The highest BCUT2D eigenvalue weighted by Gasteiger charge is 2.15. The topological polar surface area (TPSA) is 89.9 Å². The number of aromatic carboxylic acids is 1. The standard InChI is InChI=1S/C15H12O6/c1-8(16)20-12-4-3-10-6-13(15(18)19)14(21-9(2)17)7-11(10)5-12/h3-7H,1-2H3,(H,18,19). The maximum atomic E-state index is 11.2. The average Bonchev–Trinajstić information content (AvgIpc) is 2.36. The zero-order valence-electron chi connectivity index (χ0n) is 11.4. The van der Waals surface area contributed by atoms with E-state index in [1.807, 2.05) is 0 Å². The molecule has 0 aromatic heterocycles. The molecule has 0 atom stereocenters. The molecule has 0 unspecified atom stereocenters. The normalized spacial score (nSPS) is 10.2. The maximum Gasteiger partial charge on any atom is 0.339 e. The fraction of sp³-hybridized carbons (Fsp3) is 0.133. The fourth-order valence-corrected chi connectivity index (χ4v) is 1.89. The van der Waals surface area contributed by atoms with Crippen molar-refractivity contribution in [3.8, 4) is 11.5 Å². The summed E-state index contributed by atoms with van der Waals surface area (Å²) < 4.78 is 9.87. The molecule has 0 saturated carbocycles. The Hall–Kier alpha value is -2.89. The maximum absolute atomic E-state index is 11.2. The first-order valence-electron chi connectivity index (χ1n) is 6.05. The molecule has 108 valence electrons. The second kappa shape index (κ2) is 5.62. The van der Waals surface area contributed by atoms with E-state index in [0.717, 1.165) is 0 Å². The lowest BCUT2D eigenvalue weighted by atomic mass is 10.1. The summed E-state index contributed by atoms with van der Waals surface area (Å²) in [4.78, 5) is 33.2. The van der Waals surface area contributed by atoms with Gasteiger partial charge in [0.05, 0.1) is 0 Å². The van der Waals surface area contributed by atoms with Gasteiger partial charge in [0.1, 0.15) is 17.1 Å². The minimum atomic E-state index is -1.20. The van der Waals surface area contributed by atoms with Crippen LogP contribution in [0.2, 0.25) is 0 Å². The second-order valence-corrected chi connectivity index (χ2v) is 4.35. The lowest BCUT2D eigenvalue weighted by Crippen LogP contribution is -2.07. The molecule has 6 nitrogen and oxygen atoms in total. The van der Waals surface area contributed by atoms with Crippen LogP contribution in [0.5, 0.6) is 11.5 Å². The van der Waals surface area contributed by atoms with Gasteiger partial charge in [0.15, 0.2) is 0 Å². The summed E-state index contributed by atoms with van der Waals surface area (Å²) in [6, 6.07) is 7.56. The summed E-state index contributed by atoms with van der Waals surface area (Å²) in [6.07, 6.45) is 0. The van der Waals surface area contributed by atoms with Crippen molar-refractivity contribution in [3.63, 3.8) is 0 Å². The second-order valence-electron chi connectivity index (χ2n) is 4.35. The van der Waals surface area contributed by atoms with Crippen LogP contribution in [0.15, 0.2) is 30.3 Å². The van der Waals surface area contributed by atoms with Crippen molar-refractivity contribution in [2.24, 2.45) is 0 Å². The minimum Gasteiger partial charge on any atom is -0.478 e. The quantitative estimate of drug-likeness (QED) is 0.689. The van der Waals surface area contributed by atoms with Gasteiger partial charge in [-0.05, 0) is 35.0 Å². The van der Waals surface area contributed by atoms with Gasteiger partial charge in [0, 0.05) is 13.8 Å². The number of esters is 2. The van der Waals surface area contributed by atoms with Crippen LogP contribution in [0.25, 0.3) is 10.8 Å². The van der Waals surface area contributed by atoms with Crippen LogP contribution in [-0.2, 0) is 9.59 Å². The van der Waals surface area contributed by atoms with Gasteiger partial charge in [-0.3, -0.25) is 9.59 Å².